The van der Waals surface area contributed by atoms with Crippen molar-refractivity contribution < 1.29 is 18.4 Å². The van der Waals surface area contributed by atoms with Crippen LogP contribution < -0.4 is 11.1 Å². The van der Waals surface area contributed by atoms with Gasteiger partial charge in [-0.1, -0.05) is 29.8 Å². The highest BCUT2D eigenvalue weighted by Crippen LogP contribution is 2.10. The van der Waals surface area contributed by atoms with Gasteiger partial charge in [-0.05, 0) is 30.7 Å². The Hall–Kier alpha value is -2.76. The molecule has 120 valence electrons. The van der Waals surface area contributed by atoms with E-state index in [0.717, 1.165) is 29.3 Å². The minimum absolute atomic E-state index is 0.0842. The number of rotatable bonds is 5. The second kappa shape index (κ2) is 7.00. The van der Waals surface area contributed by atoms with Crippen molar-refractivity contribution in [3.05, 3.63) is 70.8 Å². The molecule has 2 aromatic carbocycles. The Morgan fingerprint density at radius 2 is 1.74 bits per heavy atom. The van der Waals surface area contributed by atoms with Crippen LogP contribution in [0.1, 0.15) is 21.5 Å². The Morgan fingerprint density at radius 3 is 2.30 bits per heavy atom. The lowest BCUT2D eigenvalue weighted by molar-refractivity contribution is -0.119. The summed E-state index contributed by atoms with van der Waals surface area (Å²) in [4.78, 5) is 23.6. The molecule has 6 heteroatoms. The van der Waals surface area contributed by atoms with E-state index in [1.165, 1.54) is 0 Å². The lowest BCUT2D eigenvalue weighted by Gasteiger charge is -2.16. The predicted octanol–water partition coefficient (Wildman–Crippen LogP) is 2.10. The molecular formula is C17H16F2N2O2. The minimum atomic E-state index is -1.13. The zero-order valence-corrected chi connectivity index (χ0v) is 12.5. The average Bonchev–Trinajstić information content (AvgIpc) is 2.51. The van der Waals surface area contributed by atoms with Gasteiger partial charge in [0, 0.05) is 12.0 Å². The standard InChI is InChI=1S/C17H16F2N2O2/c1-10-2-4-11(5-3-10)8-15(16(20)22)21-17(23)12-6-7-13(18)14(19)9-12/h2-7,9,15H,8H2,1H3,(H2,20,22)(H,21,23)/t15-/m0/s1. The molecule has 0 heterocycles. The van der Waals surface area contributed by atoms with Gasteiger partial charge in [-0.2, -0.15) is 0 Å². The molecule has 2 aromatic rings. The summed E-state index contributed by atoms with van der Waals surface area (Å²) in [6.07, 6.45) is 0.213. The van der Waals surface area contributed by atoms with Gasteiger partial charge in [0.05, 0.1) is 0 Å². The maximum atomic E-state index is 13.2. The molecule has 4 nitrogen and oxygen atoms in total. The number of nitrogens with one attached hydrogen (secondary N) is 1. The molecule has 0 fully saturated rings. The van der Waals surface area contributed by atoms with Crippen molar-refractivity contribution >= 4 is 11.8 Å². The first kappa shape index (κ1) is 16.6. The highest BCUT2D eigenvalue weighted by Gasteiger charge is 2.20. The molecule has 3 N–H and O–H groups in total. The number of nitrogens with two attached hydrogens (primary N) is 1. The molecule has 0 aliphatic carbocycles. The van der Waals surface area contributed by atoms with Crippen LogP contribution in [0.2, 0.25) is 0 Å². The molecular weight excluding hydrogens is 302 g/mol. The van der Waals surface area contributed by atoms with Crippen LogP contribution >= 0.6 is 0 Å². The van der Waals surface area contributed by atoms with Crippen molar-refractivity contribution in [1.82, 2.24) is 5.32 Å². The summed E-state index contributed by atoms with van der Waals surface area (Å²) < 4.78 is 26.1. The first-order chi connectivity index (χ1) is 10.9. The van der Waals surface area contributed by atoms with Crippen LogP contribution in [0.4, 0.5) is 8.78 Å². The van der Waals surface area contributed by atoms with Gasteiger partial charge >= 0.3 is 0 Å². The fraction of sp³-hybridized carbons (Fsp3) is 0.176. The molecule has 0 bridgehead atoms. The monoisotopic (exact) mass is 318 g/mol. The second-order valence-corrected chi connectivity index (χ2v) is 5.25. The van der Waals surface area contributed by atoms with Gasteiger partial charge in [0.15, 0.2) is 11.6 Å². The van der Waals surface area contributed by atoms with Crippen LogP contribution in [0.15, 0.2) is 42.5 Å². The summed E-state index contributed by atoms with van der Waals surface area (Å²) in [5.74, 6) is -3.58. The van der Waals surface area contributed by atoms with Gasteiger partial charge in [0.1, 0.15) is 6.04 Å². The Kier molecular flexibility index (Phi) is 5.05. The van der Waals surface area contributed by atoms with Crippen LogP contribution in [0.3, 0.4) is 0 Å². The number of carbonyl (C=O) groups excluding carboxylic acids is 2. The third-order valence-electron chi connectivity index (χ3n) is 3.39. The van der Waals surface area contributed by atoms with E-state index < -0.39 is 29.5 Å². The van der Waals surface area contributed by atoms with Gasteiger partial charge in [-0.25, -0.2) is 8.78 Å². The van der Waals surface area contributed by atoms with Crippen molar-refractivity contribution in [1.29, 1.82) is 0 Å². The van der Waals surface area contributed by atoms with E-state index in [4.69, 9.17) is 5.73 Å². The molecule has 1 atom stereocenters. The smallest absolute Gasteiger partial charge is 0.252 e. The molecule has 0 unspecified atom stereocenters. The molecule has 0 aliphatic rings. The third kappa shape index (κ3) is 4.35. The third-order valence-corrected chi connectivity index (χ3v) is 3.39. The van der Waals surface area contributed by atoms with Gasteiger partial charge in [-0.3, -0.25) is 9.59 Å². The highest BCUT2D eigenvalue weighted by molar-refractivity contribution is 5.97. The normalized spacial score (nSPS) is 11.8. The largest absolute Gasteiger partial charge is 0.368 e. The van der Waals surface area contributed by atoms with Crippen LogP contribution in [0.5, 0.6) is 0 Å². The van der Waals surface area contributed by atoms with Crippen molar-refractivity contribution in [2.75, 3.05) is 0 Å². The maximum Gasteiger partial charge on any atom is 0.252 e. The van der Waals surface area contributed by atoms with Crippen LogP contribution in [0.25, 0.3) is 0 Å². The minimum Gasteiger partial charge on any atom is -0.368 e. The summed E-state index contributed by atoms with van der Waals surface area (Å²) in [5.41, 5.74) is 7.11. The molecule has 0 saturated carbocycles. The summed E-state index contributed by atoms with van der Waals surface area (Å²) in [6, 6.07) is 9.23. The summed E-state index contributed by atoms with van der Waals surface area (Å²) in [5, 5.41) is 2.44. The van der Waals surface area contributed by atoms with Crippen LogP contribution in [-0.4, -0.2) is 17.9 Å². The van der Waals surface area contributed by atoms with Crippen molar-refractivity contribution in [3.8, 4) is 0 Å². The van der Waals surface area contributed by atoms with Gasteiger partial charge < -0.3 is 11.1 Å². The summed E-state index contributed by atoms with van der Waals surface area (Å²) >= 11 is 0. The first-order valence-electron chi connectivity index (χ1n) is 6.97. The van der Waals surface area contributed by atoms with Crippen LogP contribution in [0, 0.1) is 18.6 Å². The molecule has 0 saturated heterocycles. The van der Waals surface area contributed by atoms with Crippen LogP contribution in [-0.2, 0) is 11.2 Å². The molecule has 0 aliphatic heterocycles. The van der Waals surface area contributed by atoms with Gasteiger partial charge in [0.2, 0.25) is 5.91 Å². The molecule has 0 radical (unpaired) electrons. The molecule has 2 rings (SSSR count). The zero-order chi connectivity index (χ0) is 17.0. The Labute approximate surface area is 132 Å². The fourth-order valence-electron chi connectivity index (χ4n) is 2.06. The number of halogens is 2. The second-order valence-electron chi connectivity index (χ2n) is 5.25. The Morgan fingerprint density at radius 1 is 1.09 bits per heavy atom. The SMILES string of the molecule is Cc1ccc(C[C@H](NC(=O)c2ccc(F)c(F)c2)C(N)=O)cc1. The fourth-order valence-corrected chi connectivity index (χ4v) is 2.06. The van der Waals surface area contributed by atoms with E-state index in [1.807, 2.05) is 31.2 Å². The zero-order valence-electron chi connectivity index (χ0n) is 12.5. The molecule has 23 heavy (non-hydrogen) atoms. The van der Waals surface area contributed by atoms with E-state index >= 15 is 0 Å². The van der Waals surface area contributed by atoms with E-state index in [2.05, 4.69) is 5.32 Å². The highest BCUT2D eigenvalue weighted by atomic mass is 19.2. The van der Waals surface area contributed by atoms with Gasteiger partial charge in [0.25, 0.3) is 5.91 Å². The summed E-state index contributed by atoms with van der Waals surface area (Å²) in [7, 11) is 0. The number of aryl methyl sites for hydroxylation is 1. The van der Waals surface area contributed by atoms with E-state index in [9.17, 15) is 18.4 Å². The van der Waals surface area contributed by atoms with Gasteiger partial charge in [-0.15, -0.1) is 0 Å². The number of primary amides is 1. The Bertz CT molecular complexity index is 730. The lowest BCUT2D eigenvalue weighted by atomic mass is 10.0. The van der Waals surface area contributed by atoms with E-state index in [0.29, 0.717) is 0 Å². The topological polar surface area (TPSA) is 72.2 Å². The predicted molar refractivity (Wildman–Crippen MR) is 81.7 cm³/mol. The average molecular weight is 318 g/mol. The number of amides is 2. The number of hydrogen-bond donors (Lipinski definition) is 2. The number of carbonyl (C=O) groups is 2. The maximum absolute atomic E-state index is 13.2. The molecule has 0 aromatic heterocycles. The van der Waals surface area contributed by atoms with E-state index in [-0.39, 0.29) is 12.0 Å². The molecule has 0 spiro atoms. The van der Waals surface area contributed by atoms with Crippen molar-refractivity contribution in [2.24, 2.45) is 5.73 Å². The van der Waals surface area contributed by atoms with Crippen molar-refractivity contribution in [3.63, 3.8) is 0 Å². The Balaban J connectivity index is 2.12. The summed E-state index contributed by atoms with van der Waals surface area (Å²) in [6.45, 7) is 1.93. The van der Waals surface area contributed by atoms with E-state index in [1.54, 1.807) is 0 Å². The molecule has 2 amide bonds. The number of benzene rings is 2. The van der Waals surface area contributed by atoms with Crippen molar-refractivity contribution in [2.45, 2.75) is 19.4 Å². The number of hydrogen-bond acceptors (Lipinski definition) is 2. The lowest BCUT2D eigenvalue weighted by Crippen LogP contribution is -2.45. The first-order valence-corrected chi connectivity index (χ1v) is 6.97. The quantitative estimate of drug-likeness (QED) is 0.886.